The van der Waals surface area contributed by atoms with E-state index in [9.17, 15) is 9.59 Å². The molecule has 72 valence electrons. The Morgan fingerprint density at radius 3 is 2.38 bits per heavy atom. The lowest BCUT2D eigenvalue weighted by Crippen LogP contribution is -2.69. The quantitative estimate of drug-likeness (QED) is 0.585. The summed E-state index contributed by atoms with van der Waals surface area (Å²) in [5.41, 5.74) is -0.726. The molecule has 0 aromatic carbocycles. The number of ether oxygens (including phenoxy) is 1. The van der Waals surface area contributed by atoms with Gasteiger partial charge in [-0.3, -0.25) is 4.79 Å². The van der Waals surface area contributed by atoms with E-state index in [1.165, 1.54) is 0 Å². The molecule has 3 atom stereocenters. The zero-order chi connectivity index (χ0) is 9.80. The van der Waals surface area contributed by atoms with Crippen molar-refractivity contribution in [2.75, 3.05) is 0 Å². The molecular formula is C9H13NO3. The largest absolute Gasteiger partial charge is 0.457 e. The summed E-state index contributed by atoms with van der Waals surface area (Å²) in [6, 6.07) is 0. The normalized spacial score (nSPS) is 42.5. The lowest BCUT2D eigenvalue weighted by atomic mass is 9.76. The van der Waals surface area contributed by atoms with Crippen LogP contribution in [0.4, 0.5) is 0 Å². The Balaban J connectivity index is 2.36. The smallest absolute Gasteiger partial charge is 0.336 e. The molecule has 0 saturated carbocycles. The number of nitrogens with one attached hydrogen (secondary N) is 1. The van der Waals surface area contributed by atoms with E-state index in [2.05, 4.69) is 5.32 Å². The Labute approximate surface area is 76.6 Å². The summed E-state index contributed by atoms with van der Waals surface area (Å²) in [4.78, 5) is 22.7. The van der Waals surface area contributed by atoms with Crippen molar-refractivity contribution in [3.63, 3.8) is 0 Å². The standard InChI is InChI=1S/C9H13NO3/c1-4(2)9-6(13-8(9)12)5(3)7(11)10-9/h4-6H,1-3H3,(H,10,11)/t5-,6+,9-/m1/s1. The predicted molar refractivity (Wildman–Crippen MR) is 44.8 cm³/mol. The molecule has 0 radical (unpaired) electrons. The minimum atomic E-state index is -0.726. The molecule has 0 spiro atoms. The Bertz CT molecular complexity index is 287. The highest BCUT2D eigenvalue weighted by molar-refractivity contribution is 5.99. The van der Waals surface area contributed by atoms with Crippen LogP contribution in [0.25, 0.3) is 0 Å². The van der Waals surface area contributed by atoms with Crippen molar-refractivity contribution in [1.82, 2.24) is 5.32 Å². The molecule has 1 N–H and O–H groups in total. The fourth-order valence-corrected chi connectivity index (χ4v) is 2.15. The Morgan fingerprint density at radius 2 is 2.08 bits per heavy atom. The third-order valence-electron chi connectivity index (χ3n) is 3.13. The molecule has 0 aliphatic carbocycles. The molecule has 0 unspecified atom stereocenters. The van der Waals surface area contributed by atoms with Crippen molar-refractivity contribution in [2.45, 2.75) is 32.4 Å². The first-order chi connectivity index (χ1) is 6.00. The lowest BCUT2D eigenvalue weighted by molar-refractivity contribution is -0.196. The van der Waals surface area contributed by atoms with Gasteiger partial charge in [0.05, 0.1) is 5.92 Å². The number of esters is 1. The van der Waals surface area contributed by atoms with E-state index in [0.29, 0.717) is 0 Å². The summed E-state index contributed by atoms with van der Waals surface area (Å²) < 4.78 is 4.99. The number of carbonyl (C=O) groups excluding carboxylic acids is 2. The van der Waals surface area contributed by atoms with Gasteiger partial charge in [0.15, 0.2) is 5.54 Å². The van der Waals surface area contributed by atoms with Gasteiger partial charge in [0.1, 0.15) is 6.10 Å². The van der Waals surface area contributed by atoms with E-state index in [0.717, 1.165) is 0 Å². The Kier molecular flexibility index (Phi) is 1.47. The second-order valence-corrected chi connectivity index (χ2v) is 4.13. The van der Waals surface area contributed by atoms with E-state index < -0.39 is 5.54 Å². The summed E-state index contributed by atoms with van der Waals surface area (Å²) >= 11 is 0. The molecule has 2 heterocycles. The maximum absolute atomic E-state index is 11.3. The number of hydrogen-bond donors (Lipinski definition) is 1. The van der Waals surface area contributed by atoms with Crippen LogP contribution in [0, 0.1) is 11.8 Å². The fourth-order valence-electron chi connectivity index (χ4n) is 2.15. The van der Waals surface area contributed by atoms with E-state index in [4.69, 9.17) is 4.74 Å². The van der Waals surface area contributed by atoms with Gasteiger partial charge in [-0.25, -0.2) is 4.79 Å². The molecule has 2 aliphatic rings. The van der Waals surface area contributed by atoms with Gasteiger partial charge >= 0.3 is 5.97 Å². The second kappa shape index (κ2) is 2.25. The Hall–Kier alpha value is -1.06. The molecule has 2 saturated heterocycles. The van der Waals surface area contributed by atoms with Crippen molar-refractivity contribution >= 4 is 11.9 Å². The van der Waals surface area contributed by atoms with Gasteiger partial charge in [-0.15, -0.1) is 0 Å². The van der Waals surface area contributed by atoms with Crippen LogP contribution < -0.4 is 5.32 Å². The number of hydrogen-bond acceptors (Lipinski definition) is 3. The van der Waals surface area contributed by atoms with Crippen LogP contribution in [0.5, 0.6) is 0 Å². The molecule has 13 heavy (non-hydrogen) atoms. The van der Waals surface area contributed by atoms with Crippen molar-refractivity contribution in [2.24, 2.45) is 11.8 Å². The van der Waals surface area contributed by atoms with Crippen LogP contribution in [0.15, 0.2) is 0 Å². The van der Waals surface area contributed by atoms with Gasteiger partial charge in [0.25, 0.3) is 0 Å². The number of amides is 1. The van der Waals surface area contributed by atoms with Crippen LogP contribution in [-0.4, -0.2) is 23.5 Å². The molecule has 2 fully saturated rings. The topological polar surface area (TPSA) is 55.4 Å². The molecule has 0 aromatic rings. The van der Waals surface area contributed by atoms with Gasteiger partial charge < -0.3 is 10.1 Å². The third-order valence-corrected chi connectivity index (χ3v) is 3.13. The molecule has 0 aromatic heterocycles. The predicted octanol–water partition coefficient (Wildman–Crippen LogP) is 0.0725. The fraction of sp³-hybridized carbons (Fsp3) is 0.778. The highest BCUT2D eigenvalue weighted by atomic mass is 16.6. The summed E-state index contributed by atoms with van der Waals surface area (Å²) in [5.74, 6) is -0.484. The van der Waals surface area contributed by atoms with E-state index in [-0.39, 0.29) is 29.8 Å². The minimum absolute atomic E-state index is 0.0791. The SMILES string of the molecule is CC(C)[C@@]12NC(=O)[C@H](C)[C@@H]1OC2=O. The van der Waals surface area contributed by atoms with Crippen LogP contribution in [-0.2, 0) is 14.3 Å². The third kappa shape index (κ3) is 0.759. The van der Waals surface area contributed by atoms with Gasteiger partial charge in [-0.1, -0.05) is 13.8 Å². The average Bonchev–Trinajstić information content (AvgIpc) is 2.25. The van der Waals surface area contributed by atoms with Gasteiger partial charge in [0.2, 0.25) is 5.91 Å². The number of carbonyl (C=O) groups is 2. The molecule has 2 aliphatic heterocycles. The molecular weight excluding hydrogens is 170 g/mol. The number of rotatable bonds is 1. The van der Waals surface area contributed by atoms with E-state index >= 15 is 0 Å². The summed E-state index contributed by atoms with van der Waals surface area (Å²) in [6.45, 7) is 5.63. The first-order valence-electron chi connectivity index (χ1n) is 4.53. The molecule has 1 amide bonds. The zero-order valence-electron chi connectivity index (χ0n) is 7.96. The zero-order valence-corrected chi connectivity index (χ0v) is 7.96. The van der Waals surface area contributed by atoms with Crippen LogP contribution in [0.1, 0.15) is 20.8 Å². The van der Waals surface area contributed by atoms with Gasteiger partial charge in [-0.05, 0) is 12.8 Å². The second-order valence-electron chi connectivity index (χ2n) is 4.13. The van der Waals surface area contributed by atoms with Crippen LogP contribution in [0.3, 0.4) is 0 Å². The number of fused-ring (bicyclic) bond motifs is 1. The van der Waals surface area contributed by atoms with Crippen LogP contribution >= 0.6 is 0 Å². The Morgan fingerprint density at radius 1 is 1.46 bits per heavy atom. The van der Waals surface area contributed by atoms with Crippen molar-refractivity contribution in [1.29, 1.82) is 0 Å². The maximum atomic E-state index is 11.3. The van der Waals surface area contributed by atoms with Crippen molar-refractivity contribution in [3.05, 3.63) is 0 Å². The lowest BCUT2D eigenvalue weighted by Gasteiger charge is -2.45. The van der Waals surface area contributed by atoms with E-state index in [1.54, 1.807) is 6.92 Å². The molecule has 4 nitrogen and oxygen atoms in total. The average molecular weight is 183 g/mol. The van der Waals surface area contributed by atoms with Crippen molar-refractivity contribution in [3.8, 4) is 0 Å². The summed E-state index contributed by atoms with van der Waals surface area (Å²) in [5, 5.41) is 2.75. The molecule has 2 rings (SSSR count). The molecule has 0 bridgehead atoms. The monoisotopic (exact) mass is 183 g/mol. The van der Waals surface area contributed by atoms with Gasteiger partial charge in [0, 0.05) is 0 Å². The minimum Gasteiger partial charge on any atom is -0.457 e. The first-order valence-corrected chi connectivity index (χ1v) is 4.53. The molecule has 4 heteroatoms. The van der Waals surface area contributed by atoms with Crippen LogP contribution in [0.2, 0.25) is 0 Å². The van der Waals surface area contributed by atoms with Crippen molar-refractivity contribution < 1.29 is 14.3 Å². The van der Waals surface area contributed by atoms with E-state index in [1.807, 2.05) is 13.8 Å². The maximum Gasteiger partial charge on any atom is 0.336 e. The summed E-state index contributed by atoms with van der Waals surface area (Å²) in [6.07, 6.45) is -0.257. The first kappa shape index (κ1) is 8.53. The summed E-state index contributed by atoms with van der Waals surface area (Å²) in [7, 11) is 0. The highest BCUT2D eigenvalue weighted by Crippen LogP contribution is 2.42. The van der Waals surface area contributed by atoms with Gasteiger partial charge in [-0.2, -0.15) is 0 Å². The highest BCUT2D eigenvalue weighted by Gasteiger charge is 2.68.